The van der Waals surface area contributed by atoms with Gasteiger partial charge in [-0.3, -0.25) is 4.68 Å². The molecule has 2 aromatic heterocycles. The summed E-state index contributed by atoms with van der Waals surface area (Å²) in [6, 6.07) is -0.192. The molecular weight excluding hydrogens is 290 g/mol. The minimum absolute atomic E-state index is 0.192. The Morgan fingerprint density at radius 3 is 2.67 bits per heavy atom. The molecule has 1 N–H and O–H groups in total. The van der Waals surface area contributed by atoms with Gasteiger partial charge in [0.2, 0.25) is 0 Å². The van der Waals surface area contributed by atoms with Gasteiger partial charge in [0.05, 0.1) is 30.1 Å². The fraction of sp³-hybridized carbons (Fsp3) is 0.500. The molecule has 1 unspecified atom stereocenters. The second-order valence-electron chi connectivity index (χ2n) is 4.70. The van der Waals surface area contributed by atoms with Gasteiger partial charge in [0.1, 0.15) is 6.04 Å². The molecule has 0 aliphatic rings. The van der Waals surface area contributed by atoms with Gasteiger partial charge in [0.25, 0.3) is 0 Å². The number of nitrogens with one attached hydrogen (secondary N) is 1. The third-order valence-corrected chi connectivity index (χ3v) is 3.37. The Balaban J connectivity index is 2.37. The summed E-state index contributed by atoms with van der Waals surface area (Å²) in [7, 11) is 1.66. The van der Waals surface area contributed by atoms with Gasteiger partial charge in [-0.25, -0.2) is 9.97 Å². The molecule has 2 rings (SSSR count). The third kappa shape index (κ3) is 3.78. The van der Waals surface area contributed by atoms with Crippen molar-refractivity contribution in [1.82, 2.24) is 25.1 Å². The zero-order valence-electron chi connectivity index (χ0n) is 12.5. The van der Waals surface area contributed by atoms with E-state index in [0.29, 0.717) is 24.0 Å². The molecule has 0 spiro atoms. The molecule has 1 atom stereocenters. The number of rotatable bonds is 7. The second-order valence-corrected chi connectivity index (χ2v) is 5.11. The topological polar surface area (TPSA) is 64.9 Å². The van der Waals surface area contributed by atoms with Crippen LogP contribution < -0.4 is 5.32 Å². The Morgan fingerprint density at radius 1 is 1.33 bits per heavy atom. The average Bonchev–Trinajstić information content (AvgIpc) is 2.84. The van der Waals surface area contributed by atoms with Crippen LogP contribution >= 0.6 is 11.6 Å². The smallest absolute Gasteiger partial charge is 0.151 e. The highest BCUT2D eigenvalue weighted by molar-refractivity contribution is 6.31. The van der Waals surface area contributed by atoms with Gasteiger partial charge in [-0.2, -0.15) is 5.10 Å². The average molecular weight is 310 g/mol. The van der Waals surface area contributed by atoms with Crippen molar-refractivity contribution >= 4 is 11.6 Å². The predicted octanol–water partition coefficient (Wildman–Crippen LogP) is 1.98. The normalized spacial score (nSPS) is 12.6. The highest BCUT2D eigenvalue weighted by Crippen LogP contribution is 2.26. The van der Waals surface area contributed by atoms with Crippen molar-refractivity contribution in [2.24, 2.45) is 0 Å². The SMILES string of the molecule is CCNC(c1ncc(C)cn1)c1c(Cl)cnn1CCOC. The Bertz CT molecular complexity index is 569. The summed E-state index contributed by atoms with van der Waals surface area (Å²) >= 11 is 6.32. The van der Waals surface area contributed by atoms with Crippen LogP contribution in [0.25, 0.3) is 0 Å². The lowest BCUT2D eigenvalue weighted by Gasteiger charge is -2.19. The van der Waals surface area contributed by atoms with E-state index in [2.05, 4.69) is 20.4 Å². The molecule has 0 bridgehead atoms. The highest BCUT2D eigenvalue weighted by Gasteiger charge is 2.23. The van der Waals surface area contributed by atoms with Gasteiger partial charge < -0.3 is 10.1 Å². The molecule has 0 aliphatic carbocycles. The van der Waals surface area contributed by atoms with Gasteiger partial charge in [-0.05, 0) is 19.0 Å². The zero-order valence-corrected chi connectivity index (χ0v) is 13.3. The lowest BCUT2D eigenvalue weighted by Crippen LogP contribution is -2.27. The van der Waals surface area contributed by atoms with Crippen molar-refractivity contribution < 1.29 is 4.74 Å². The van der Waals surface area contributed by atoms with Crippen molar-refractivity contribution in [3.8, 4) is 0 Å². The molecule has 114 valence electrons. The van der Waals surface area contributed by atoms with Crippen molar-refractivity contribution in [3.63, 3.8) is 0 Å². The standard InChI is InChI=1S/C14H20ClN5O/c1-4-16-12(14-17-7-10(2)8-18-14)13-11(15)9-19-20(13)5-6-21-3/h7-9,12,16H,4-6H2,1-3H3. The van der Waals surface area contributed by atoms with E-state index in [1.54, 1.807) is 25.7 Å². The minimum atomic E-state index is -0.192. The quantitative estimate of drug-likeness (QED) is 0.847. The van der Waals surface area contributed by atoms with E-state index in [-0.39, 0.29) is 6.04 Å². The van der Waals surface area contributed by atoms with Crippen molar-refractivity contribution in [1.29, 1.82) is 0 Å². The molecule has 6 nitrogen and oxygen atoms in total. The van der Waals surface area contributed by atoms with Crippen LogP contribution in [0.1, 0.15) is 30.0 Å². The van der Waals surface area contributed by atoms with Crippen LogP contribution in [-0.2, 0) is 11.3 Å². The molecule has 7 heteroatoms. The molecule has 2 heterocycles. The molecule has 0 radical (unpaired) electrons. The van der Waals surface area contributed by atoms with E-state index < -0.39 is 0 Å². The van der Waals surface area contributed by atoms with Gasteiger partial charge in [-0.15, -0.1) is 0 Å². The van der Waals surface area contributed by atoms with Gasteiger partial charge in [-0.1, -0.05) is 18.5 Å². The first-order valence-electron chi connectivity index (χ1n) is 6.89. The lowest BCUT2D eigenvalue weighted by molar-refractivity contribution is 0.182. The number of hydrogen-bond donors (Lipinski definition) is 1. The van der Waals surface area contributed by atoms with Gasteiger partial charge in [0, 0.05) is 19.5 Å². The molecule has 0 saturated heterocycles. The number of aromatic nitrogens is 4. The van der Waals surface area contributed by atoms with E-state index in [9.17, 15) is 0 Å². The highest BCUT2D eigenvalue weighted by atomic mass is 35.5. The maximum atomic E-state index is 6.32. The first-order valence-corrected chi connectivity index (χ1v) is 7.27. The Kier molecular flexibility index (Phi) is 5.67. The third-order valence-electron chi connectivity index (χ3n) is 3.08. The van der Waals surface area contributed by atoms with Crippen molar-refractivity contribution in [2.45, 2.75) is 26.4 Å². The predicted molar refractivity (Wildman–Crippen MR) is 81.4 cm³/mol. The number of aryl methyl sites for hydroxylation is 1. The Morgan fingerprint density at radius 2 is 2.05 bits per heavy atom. The molecular formula is C14H20ClN5O. The summed E-state index contributed by atoms with van der Waals surface area (Å²) in [6.07, 6.45) is 5.25. The minimum Gasteiger partial charge on any atom is -0.383 e. The van der Waals surface area contributed by atoms with Crippen molar-refractivity contribution in [2.75, 3.05) is 20.3 Å². The molecule has 0 aliphatic heterocycles. The first kappa shape index (κ1) is 15.9. The van der Waals surface area contributed by atoms with Crippen LogP contribution in [0.5, 0.6) is 0 Å². The van der Waals surface area contributed by atoms with E-state index in [0.717, 1.165) is 17.8 Å². The fourth-order valence-electron chi connectivity index (χ4n) is 2.08. The molecule has 2 aromatic rings. The van der Waals surface area contributed by atoms with E-state index in [4.69, 9.17) is 16.3 Å². The molecule has 21 heavy (non-hydrogen) atoms. The van der Waals surface area contributed by atoms with Crippen LogP contribution in [0.3, 0.4) is 0 Å². The van der Waals surface area contributed by atoms with E-state index in [1.165, 1.54) is 0 Å². The summed E-state index contributed by atoms with van der Waals surface area (Å²) in [4.78, 5) is 8.82. The lowest BCUT2D eigenvalue weighted by atomic mass is 10.1. The fourth-order valence-corrected chi connectivity index (χ4v) is 2.33. The number of halogens is 1. The molecule has 0 saturated carbocycles. The van der Waals surface area contributed by atoms with E-state index >= 15 is 0 Å². The van der Waals surface area contributed by atoms with Crippen molar-refractivity contribution in [3.05, 3.63) is 40.7 Å². The first-order chi connectivity index (χ1) is 10.2. The maximum Gasteiger partial charge on any atom is 0.151 e. The Labute approximate surface area is 129 Å². The molecule has 0 amide bonds. The number of hydrogen-bond acceptors (Lipinski definition) is 5. The summed E-state index contributed by atoms with van der Waals surface area (Å²) in [5.74, 6) is 0.684. The second kappa shape index (κ2) is 7.49. The largest absolute Gasteiger partial charge is 0.383 e. The van der Waals surface area contributed by atoms with Crippen LogP contribution in [0.15, 0.2) is 18.6 Å². The van der Waals surface area contributed by atoms with E-state index in [1.807, 2.05) is 18.5 Å². The van der Waals surface area contributed by atoms with Crippen LogP contribution in [0.2, 0.25) is 5.02 Å². The monoisotopic (exact) mass is 309 g/mol. The molecule has 0 aromatic carbocycles. The molecule has 0 fully saturated rings. The number of methoxy groups -OCH3 is 1. The Hall–Kier alpha value is -1.50. The number of ether oxygens (including phenoxy) is 1. The van der Waals surface area contributed by atoms with Gasteiger partial charge in [0.15, 0.2) is 5.82 Å². The summed E-state index contributed by atoms with van der Waals surface area (Å²) in [5, 5.41) is 8.27. The summed E-state index contributed by atoms with van der Waals surface area (Å²) < 4.78 is 6.95. The zero-order chi connectivity index (χ0) is 15.2. The summed E-state index contributed by atoms with van der Waals surface area (Å²) in [5.41, 5.74) is 1.88. The number of nitrogens with zero attached hydrogens (tertiary/aromatic N) is 4. The maximum absolute atomic E-state index is 6.32. The van der Waals surface area contributed by atoms with Crippen LogP contribution in [0, 0.1) is 6.92 Å². The van der Waals surface area contributed by atoms with Crippen LogP contribution in [0.4, 0.5) is 0 Å². The van der Waals surface area contributed by atoms with Crippen LogP contribution in [-0.4, -0.2) is 40.0 Å². The van der Waals surface area contributed by atoms with Gasteiger partial charge >= 0.3 is 0 Å². The summed E-state index contributed by atoms with van der Waals surface area (Å²) in [6.45, 7) is 5.96.